The molecule has 6 heteroatoms. The Morgan fingerprint density at radius 1 is 1.39 bits per heavy atom. The lowest BCUT2D eigenvalue weighted by molar-refractivity contribution is -0.142. The van der Waals surface area contributed by atoms with Gasteiger partial charge < -0.3 is 20.2 Å². The van der Waals surface area contributed by atoms with Crippen molar-refractivity contribution in [2.45, 2.75) is 50.5 Å². The van der Waals surface area contributed by atoms with Crippen LogP contribution in [0, 0.1) is 29.6 Å². The topological polar surface area (TPSA) is 99.4 Å². The summed E-state index contributed by atoms with van der Waals surface area (Å²) in [5, 5.41) is 34.0. The minimum atomic E-state index is -1.09. The van der Waals surface area contributed by atoms with Crippen molar-refractivity contribution in [2.75, 3.05) is 6.61 Å². The summed E-state index contributed by atoms with van der Waals surface area (Å²) in [5.74, 6) is 2.51. The molecule has 0 amide bonds. The molecule has 2 fully saturated rings. The molecule has 0 aliphatic heterocycles. The Balaban J connectivity index is 1.74. The molecular formula is C22H25NO5. The van der Waals surface area contributed by atoms with Crippen LogP contribution in [-0.2, 0) is 9.63 Å². The predicted octanol–water partition coefficient (Wildman–Crippen LogP) is 2.88. The summed E-state index contributed by atoms with van der Waals surface area (Å²) < 4.78 is 0. The normalized spacial score (nSPS) is 37.5. The number of phenolic OH excluding ortho intramolecular Hbond substituents is 1. The molecule has 3 N–H and O–H groups in total. The van der Waals surface area contributed by atoms with E-state index in [2.05, 4.69) is 18.0 Å². The minimum absolute atomic E-state index is 0.145. The van der Waals surface area contributed by atoms with Gasteiger partial charge in [-0.1, -0.05) is 24.1 Å². The SMILES string of the molecule is C#C[C@]1(O)CC[C@H]2[C@@H]3CC(=NOCC(=O)O)c4cc(O)ccc4[C@H]3CC[C@@]21C. The Hall–Kier alpha value is -2.52. The Labute approximate surface area is 164 Å². The molecule has 3 aliphatic carbocycles. The fourth-order valence-corrected chi connectivity index (χ4v) is 5.91. The van der Waals surface area contributed by atoms with Crippen molar-refractivity contribution in [3.05, 3.63) is 29.3 Å². The first-order chi connectivity index (χ1) is 13.3. The van der Waals surface area contributed by atoms with Gasteiger partial charge in [0.1, 0.15) is 11.4 Å². The van der Waals surface area contributed by atoms with Gasteiger partial charge in [0.2, 0.25) is 6.61 Å². The van der Waals surface area contributed by atoms with Crippen molar-refractivity contribution in [3.8, 4) is 18.1 Å². The number of hydrogen-bond donors (Lipinski definition) is 3. The van der Waals surface area contributed by atoms with Crippen LogP contribution in [0.15, 0.2) is 23.4 Å². The van der Waals surface area contributed by atoms with Gasteiger partial charge in [-0.2, -0.15) is 0 Å². The van der Waals surface area contributed by atoms with Crippen molar-refractivity contribution < 1.29 is 25.0 Å². The number of aromatic hydroxyl groups is 1. The molecule has 4 rings (SSSR count). The molecule has 0 bridgehead atoms. The van der Waals surface area contributed by atoms with Crippen LogP contribution in [0.5, 0.6) is 5.75 Å². The summed E-state index contributed by atoms with van der Waals surface area (Å²) in [4.78, 5) is 15.8. The van der Waals surface area contributed by atoms with E-state index in [1.165, 1.54) is 0 Å². The number of carbonyl (C=O) groups is 1. The number of rotatable bonds is 3. The molecule has 6 nitrogen and oxygen atoms in total. The summed E-state index contributed by atoms with van der Waals surface area (Å²) in [5.41, 5.74) is 1.14. The molecular weight excluding hydrogens is 358 g/mol. The van der Waals surface area contributed by atoms with Gasteiger partial charge in [-0.05, 0) is 67.6 Å². The summed E-state index contributed by atoms with van der Waals surface area (Å²) in [7, 11) is 0. The van der Waals surface area contributed by atoms with E-state index in [0.717, 1.165) is 30.4 Å². The number of nitrogens with zero attached hydrogens (tertiary/aromatic N) is 1. The van der Waals surface area contributed by atoms with Crippen LogP contribution in [0.25, 0.3) is 0 Å². The van der Waals surface area contributed by atoms with Gasteiger partial charge in [0.15, 0.2) is 0 Å². The van der Waals surface area contributed by atoms with E-state index in [9.17, 15) is 15.0 Å². The van der Waals surface area contributed by atoms with Crippen LogP contribution in [0.1, 0.15) is 56.1 Å². The number of carboxylic acid groups (broad SMARTS) is 1. The third kappa shape index (κ3) is 2.68. The Morgan fingerprint density at radius 3 is 2.89 bits per heavy atom. The van der Waals surface area contributed by atoms with E-state index < -0.39 is 18.2 Å². The van der Waals surface area contributed by atoms with Crippen LogP contribution in [0.4, 0.5) is 0 Å². The van der Waals surface area contributed by atoms with Gasteiger partial charge in [0.25, 0.3) is 0 Å². The first-order valence-corrected chi connectivity index (χ1v) is 9.73. The third-order valence-corrected chi connectivity index (χ3v) is 7.37. The predicted molar refractivity (Wildman–Crippen MR) is 103 cm³/mol. The van der Waals surface area contributed by atoms with Crippen LogP contribution >= 0.6 is 0 Å². The van der Waals surface area contributed by atoms with E-state index in [1.54, 1.807) is 12.1 Å². The monoisotopic (exact) mass is 383 g/mol. The highest BCUT2D eigenvalue weighted by molar-refractivity contribution is 6.03. The van der Waals surface area contributed by atoms with Crippen molar-refractivity contribution in [1.82, 2.24) is 0 Å². The number of carboxylic acids is 1. The zero-order valence-corrected chi connectivity index (χ0v) is 15.9. The van der Waals surface area contributed by atoms with Gasteiger partial charge >= 0.3 is 5.97 Å². The number of oxime groups is 1. The average Bonchev–Trinajstić information content (AvgIpc) is 2.93. The van der Waals surface area contributed by atoms with E-state index >= 15 is 0 Å². The lowest BCUT2D eigenvalue weighted by atomic mass is 9.53. The molecule has 0 unspecified atom stereocenters. The maximum Gasteiger partial charge on any atom is 0.344 e. The quantitative estimate of drug-likeness (QED) is 0.551. The van der Waals surface area contributed by atoms with Crippen molar-refractivity contribution in [2.24, 2.45) is 22.4 Å². The molecule has 5 atom stereocenters. The molecule has 1 aromatic rings. The number of aliphatic hydroxyl groups is 1. The van der Waals surface area contributed by atoms with Crippen molar-refractivity contribution >= 4 is 11.7 Å². The van der Waals surface area contributed by atoms with Crippen molar-refractivity contribution in [3.63, 3.8) is 0 Å². The van der Waals surface area contributed by atoms with Crippen LogP contribution < -0.4 is 0 Å². The van der Waals surface area contributed by atoms with E-state index in [4.69, 9.17) is 16.4 Å². The number of benzene rings is 1. The fraction of sp³-hybridized carbons (Fsp3) is 0.545. The summed E-state index contributed by atoms with van der Waals surface area (Å²) in [6, 6.07) is 5.28. The first kappa shape index (κ1) is 18.8. The van der Waals surface area contributed by atoms with E-state index in [-0.39, 0.29) is 23.0 Å². The summed E-state index contributed by atoms with van der Waals surface area (Å²) in [6.07, 6.45) is 9.53. The van der Waals surface area contributed by atoms with Crippen molar-refractivity contribution in [1.29, 1.82) is 0 Å². The average molecular weight is 383 g/mol. The second kappa shape index (κ2) is 6.52. The van der Waals surface area contributed by atoms with Gasteiger partial charge in [-0.25, -0.2) is 4.79 Å². The zero-order chi connectivity index (χ0) is 20.1. The lowest BCUT2D eigenvalue weighted by Crippen LogP contribution is -2.50. The van der Waals surface area contributed by atoms with Gasteiger partial charge in [-0.3, -0.25) is 0 Å². The van der Waals surface area contributed by atoms with Gasteiger partial charge in [0, 0.05) is 11.0 Å². The molecule has 0 spiro atoms. The number of terminal acetylenes is 1. The largest absolute Gasteiger partial charge is 0.508 e. The molecule has 0 aromatic heterocycles. The molecule has 1 aromatic carbocycles. The molecule has 3 aliphatic rings. The third-order valence-electron chi connectivity index (χ3n) is 7.37. The number of fused-ring (bicyclic) bond motifs is 5. The van der Waals surface area contributed by atoms with Crippen LogP contribution in [0.2, 0.25) is 0 Å². The van der Waals surface area contributed by atoms with E-state index in [0.29, 0.717) is 24.5 Å². The Bertz CT molecular complexity index is 887. The highest BCUT2D eigenvalue weighted by Gasteiger charge is 2.61. The van der Waals surface area contributed by atoms with Gasteiger partial charge in [-0.15, -0.1) is 6.42 Å². The van der Waals surface area contributed by atoms with Crippen LogP contribution in [0.3, 0.4) is 0 Å². The number of aliphatic carboxylic acids is 1. The zero-order valence-electron chi connectivity index (χ0n) is 15.9. The maximum absolute atomic E-state index is 11.1. The fourth-order valence-electron chi connectivity index (χ4n) is 5.91. The molecule has 28 heavy (non-hydrogen) atoms. The molecule has 148 valence electrons. The highest BCUT2D eigenvalue weighted by atomic mass is 16.6. The molecule has 0 radical (unpaired) electrons. The number of hydrogen-bond acceptors (Lipinski definition) is 5. The molecule has 0 saturated heterocycles. The smallest absolute Gasteiger partial charge is 0.344 e. The minimum Gasteiger partial charge on any atom is -0.508 e. The highest BCUT2D eigenvalue weighted by Crippen LogP contribution is 2.64. The lowest BCUT2D eigenvalue weighted by Gasteiger charge is -2.52. The second-order valence-corrected chi connectivity index (χ2v) is 8.56. The Kier molecular flexibility index (Phi) is 4.39. The summed E-state index contributed by atoms with van der Waals surface area (Å²) in [6.45, 7) is 1.59. The number of phenols is 1. The Morgan fingerprint density at radius 2 is 2.18 bits per heavy atom. The standard InChI is InChI=1S/C22H25NO5/c1-3-22(27)9-7-18-16-11-19(23-28-12-20(25)26)17-10-13(24)4-5-14(17)15(16)6-8-21(18,22)2/h1,4-5,10,15-16,18,24,27H,6-9,11-12H2,2H3,(H,25,26)/t15-,16-,18+,21+,22+/m1/s1. The van der Waals surface area contributed by atoms with Gasteiger partial charge in [0.05, 0.1) is 5.71 Å². The first-order valence-electron chi connectivity index (χ1n) is 9.73. The summed E-state index contributed by atoms with van der Waals surface area (Å²) >= 11 is 0. The molecule has 2 saturated carbocycles. The van der Waals surface area contributed by atoms with E-state index in [1.807, 2.05) is 6.07 Å². The second-order valence-electron chi connectivity index (χ2n) is 8.56. The maximum atomic E-state index is 11.1. The molecule has 0 heterocycles. The van der Waals surface area contributed by atoms with Crippen LogP contribution in [-0.4, -0.2) is 39.2 Å².